The van der Waals surface area contributed by atoms with Crippen molar-refractivity contribution in [1.29, 1.82) is 0 Å². The molecule has 6 nitrogen and oxygen atoms in total. The number of carbonyl (C=O) groups is 2. The predicted molar refractivity (Wildman–Crippen MR) is 113 cm³/mol. The second-order valence-electron chi connectivity index (χ2n) is 6.53. The minimum atomic E-state index is -0.384. The zero-order chi connectivity index (χ0) is 20.0. The number of para-hydroxylation sites is 2. The number of benzene rings is 3. The van der Waals surface area contributed by atoms with E-state index >= 15 is 0 Å². The van der Waals surface area contributed by atoms with Crippen molar-refractivity contribution in [2.24, 2.45) is 10.2 Å². The van der Waals surface area contributed by atoms with E-state index in [1.807, 2.05) is 54.6 Å². The molecule has 2 aliphatic heterocycles. The quantitative estimate of drug-likeness (QED) is 0.656. The molecule has 3 aromatic carbocycles. The van der Waals surface area contributed by atoms with Crippen LogP contribution in [-0.4, -0.2) is 23.2 Å². The minimum Gasteiger partial charge on any atom is -0.320 e. The van der Waals surface area contributed by atoms with Crippen molar-refractivity contribution in [2.75, 3.05) is 10.2 Å². The van der Waals surface area contributed by atoms with Crippen LogP contribution in [-0.2, 0) is 9.59 Å². The van der Waals surface area contributed by atoms with Crippen LogP contribution in [0.2, 0.25) is 5.02 Å². The summed E-state index contributed by atoms with van der Waals surface area (Å²) in [5.41, 5.74) is 3.60. The normalized spacial score (nSPS) is 17.6. The van der Waals surface area contributed by atoms with Gasteiger partial charge in [0.15, 0.2) is 11.4 Å². The number of anilines is 3. The molecule has 0 radical (unpaired) electrons. The maximum Gasteiger partial charge on any atom is 0.284 e. The van der Waals surface area contributed by atoms with E-state index in [1.54, 1.807) is 23.1 Å². The highest BCUT2D eigenvalue weighted by Crippen LogP contribution is 2.35. The summed E-state index contributed by atoms with van der Waals surface area (Å²) in [6, 6.07) is 21.7. The third kappa shape index (κ3) is 2.81. The summed E-state index contributed by atoms with van der Waals surface area (Å²) in [5, 5.41) is 11.5. The average molecular weight is 401 g/mol. The molecule has 29 heavy (non-hydrogen) atoms. The maximum atomic E-state index is 13.2. The van der Waals surface area contributed by atoms with Crippen molar-refractivity contribution in [3.63, 3.8) is 0 Å². The summed E-state index contributed by atoms with van der Waals surface area (Å²) in [6.07, 6.45) is 0. The van der Waals surface area contributed by atoms with Crippen LogP contribution in [0.3, 0.4) is 0 Å². The number of amides is 2. The van der Waals surface area contributed by atoms with E-state index < -0.39 is 0 Å². The molecule has 0 spiro atoms. The Morgan fingerprint density at radius 2 is 1.52 bits per heavy atom. The Morgan fingerprint density at radius 3 is 2.34 bits per heavy atom. The molecule has 3 aromatic rings. The molecule has 2 heterocycles. The van der Waals surface area contributed by atoms with Gasteiger partial charge in [-0.15, -0.1) is 10.2 Å². The molecule has 0 fully saturated rings. The zero-order valence-electron chi connectivity index (χ0n) is 15.0. The molecule has 5 rings (SSSR count). The van der Waals surface area contributed by atoms with Gasteiger partial charge in [-0.25, -0.2) is 0 Å². The van der Waals surface area contributed by atoms with Crippen LogP contribution >= 0.6 is 11.6 Å². The molecule has 0 saturated heterocycles. The fourth-order valence-electron chi connectivity index (χ4n) is 3.45. The number of nitrogens with one attached hydrogen (secondary N) is 1. The van der Waals surface area contributed by atoms with Gasteiger partial charge >= 0.3 is 0 Å². The number of hydrogen-bond acceptors (Lipinski definition) is 4. The molecule has 0 bridgehead atoms. The smallest absolute Gasteiger partial charge is 0.284 e. The van der Waals surface area contributed by atoms with Gasteiger partial charge in [0.1, 0.15) is 0 Å². The van der Waals surface area contributed by atoms with Gasteiger partial charge < -0.3 is 5.32 Å². The third-order valence-corrected chi connectivity index (χ3v) is 5.01. The Morgan fingerprint density at radius 1 is 0.793 bits per heavy atom. The van der Waals surface area contributed by atoms with Crippen molar-refractivity contribution in [2.45, 2.75) is 0 Å². The first kappa shape index (κ1) is 17.3. The van der Waals surface area contributed by atoms with Crippen molar-refractivity contribution in [3.05, 3.63) is 88.9 Å². The molecular weight excluding hydrogens is 388 g/mol. The summed E-state index contributed by atoms with van der Waals surface area (Å²) in [6.45, 7) is 0. The average Bonchev–Trinajstić information content (AvgIpc) is 3.19. The lowest BCUT2D eigenvalue weighted by Crippen LogP contribution is -2.25. The highest BCUT2D eigenvalue weighted by atomic mass is 35.5. The van der Waals surface area contributed by atoms with E-state index in [2.05, 4.69) is 15.5 Å². The van der Waals surface area contributed by atoms with Crippen LogP contribution in [0.25, 0.3) is 0 Å². The van der Waals surface area contributed by atoms with Crippen LogP contribution in [0, 0.1) is 0 Å². The molecule has 0 atom stereocenters. The van der Waals surface area contributed by atoms with Gasteiger partial charge in [0.25, 0.3) is 11.8 Å². The fourth-order valence-corrected chi connectivity index (χ4v) is 3.63. The van der Waals surface area contributed by atoms with Crippen LogP contribution < -0.4 is 10.2 Å². The predicted octanol–water partition coefficient (Wildman–Crippen LogP) is 4.16. The third-order valence-electron chi connectivity index (χ3n) is 4.77. The number of carbonyl (C=O) groups excluding carboxylic acids is 2. The summed E-state index contributed by atoms with van der Waals surface area (Å²) in [7, 11) is 0. The lowest BCUT2D eigenvalue weighted by Gasteiger charge is -2.16. The van der Waals surface area contributed by atoms with Gasteiger partial charge in [0.05, 0.1) is 11.4 Å². The summed E-state index contributed by atoms with van der Waals surface area (Å²) in [5.74, 6) is -0.684. The molecule has 0 unspecified atom stereocenters. The van der Waals surface area contributed by atoms with Crippen LogP contribution in [0.5, 0.6) is 0 Å². The van der Waals surface area contributed by atoms with Crippen molar-refractivity contribution in [3.8, 4) is 0 Å². The van der Waals surface area contributed by atoms with E-state index in [9.17, 15) is 9.59 Å². The molecule has 0 aliphatic carbocycles. The number of hydrogen-bond donors (Lipinski definition) is 1. The minimum absolute atomic E-state index is 0.124. The maximum absolute atomic E-state index is 13.2. The molecule has 140 valence electrons. The van der Waals surface area contributed by atoms with Crippen molar-refractivity contribution >= 4 is 51.9 Å². The molecule has 1 N–H and O–H groups in total. The van der Waals surface area contributed by atoms with Gasteiger partial charge in [0.2, 0.25) is 0 Å². The van der Waals surface area contributed by atoms with Gasteiger partial charge in [-0.3, -0.25) is 14.5 Å². The summed E-state index contributed by atoms with van der Waals surface area (Å²) >= 11 is 6.05. The molecule has 2 amide bonds. The number of halogens is 1. The Bertz CT molecular complexity index is 1230. The van der Waals surface area contributed by atoms with E-state index in [4.69, 9.17) is 11.6 Å². The summed E-state index contributed by atoms with van der Waals surface area (Å²) in [4.78, 5) is 27.1. The second-order valence-corrected chi connectivity index (χ2v) is 6.97. The standard InChI is InChI=1S/C22H13ClN4O2/c23-13-10-11-17-16(12-13)19(21(28)24-17)25-26-20-15-8-4-5-9-18(15)27(22(20)29)14-6-2-1-3-7-14/h1-12H,(H,24,25,28)/b26-20-. The number of nitrogens with zero attached hydrogens (tertiary/aromatic N) is 3. The Balaban J connectivity index is 1.61. The molecular formula is C22H13ClN4O2. The highest BCUT2D eigenvalue weighted by Gasteiger charge is 2.35. The highest BCUT2D eigenvalue weighted by molar-refractivity contribution is 6.56. The van der Waals surface area contributed by atoms with E-state index in [-0.39, 0.29) is 23.2 Å². The molecule has 0 aromatic heterocycles. The van der Waals surface area contributed by atoms with E-state index in [1.165, 1.54) is 0 Å². The summed E-state index contributed by atoms with van der Waals surface area (Å²) < 4.78 is 0. The van der Waals surface area contributed by atoms with Gasteiger partial charge in [-0.1, -0.05) is 48.0 Å². The SMILES string of the molecule is O=C1Nc2ccc(Cl)cc2/C1=N/N=C1\C(=O)N(c2ccccc2)c2ccccc21. The second kappa shape index (κ2) is 6.68. The Kier molecular flexibility index (Phi) is 4.00. The van der Waals surface area contributed by atoms with Crippen LogP contribution in [0.4, 0.5) is 17.1 Å². The largest absolute Gasteiger partial charge is 0.320 e. The first-order chi connectivity index (χ1) is 14.1. The van der Waals surface area contributed by atoms with E-state index in [0.717, 1.165) is 11.4 Å². The van der Waals surface area contributed by atoms with Crippen LogP contribution in [0.1, 0.15) is 11.1 Å². The van der Waals surface area contributed by atoms with Gasteiger partial charge in [-0.05, 0) is 36.4 Å². The first-order valence-electron chi connectivity index (χ1n) is 8.89. The number of rotatable bonds is 2. The molecule has 0 saturated carbocycles. The molecule has 2 aliphatic rings. The Labute approximate surface area is 171 Å². The van der Waals surface area contributed by atoms with Gasteiger partial charge in [-0.2, -0.15) is 0 Å². The number of fused-ring (bicyclic) bond motifs is 2. The lowest BCUT2D eigenvalue weighted by atomic mass is 10.1. The topological polar surface area (TPSA) is 74.1 Å². The van der Waals surface area contributed by atoms with Crippen molar-refractivity contribution < 1.29 is 9.59 Å². The van der Waals surface area contributed by atoms with Gasteiger partial charge in [0, 0.05) is 21.8 Å². The monoisotopic (exact) mass is 400 g/mol. The van der Waals surface area contributed by atoms with E-state index in [0.29, 0.717) is 21.8 Å². The van der Waals surface area contributed by atoms with Crippen molar-refractivity contribution in [1.82, 2.24) is 0 Å². The van der Waals surface area contributed by atoms with Crippen LogP contribution in [0.15, 0.2) is 83.0 Å². The zero-order valence-corrected chi connectivity index (χ0v) is 15.7. The lowest BCUT2D eigenvalue weighted by molar-refractivity contribution is -0.112. The first-order valence-corrected chi connectivity index (χ1v) is 9.27. The fraction of sp³-hybridized carbons (Fsp3) is 0. The Hall–Kier alpha value is -3.77. The molecule has 7 heteroatoms.